The Morgan fingerprint density at radius 3 is 2.94 bits per heavy atom. The molecule has 1 aromatic rings. The lowest BCUT2D eigenvalue weighted by atomic mass is 10.0. The molecular formula is C16H23NO. The number of likely N-dealkylation sites (tertiary alicyclic amines) is 1. The molecule has 1 aliphatic heterocycles. The first kappa shape index (κ1) is 12.0. The molecule has 0 amide bonds. The fourth-order valence-corrected chi connectivity index (χ4v) is 3.65. The SMILES string of the molecule is Cc1ccc(O)c(CN2CCC3CCC(C3)C2)c1. The lowest BCUT2D eigenvalue weighted by Crippen LogP contribution is -2.28. The minimum Gasteiger partial charge on any atom is -0.508 e. The van der Waals surface area contributed by atoms with Crippen LogP contribution in [0.4, 0.5) is 0 Å². The molecule has 0 spiro atoms. The molecule has 1 heterocycles. The van der Waals surface area contributed by atoms with Gasteiger partial charge in [0, 0.05) is 18.7 Å². The highest BCUT2D eigenvalue weighted by Gasteiger charge is 2.30. The highest BCUT2D eigenvalue weighted by molar-refractivity contribution is 5.35. The van der Waals surface area contributed by atoms with Gasteiger partial charge in [0.1, 0.15) is 5.75 Å². The molecule has 2 heteroatoms. The molecule has 0 aromatic heterocycles. The summed E-state index contributed by atoms with van der Waals surface area (Å²) < 4.78 is 0. The summed E-state index contributed by atoms with van der Waals surface area (Å²) in [5.41, 5.74) is 2.33. The Morgan fingerprint density at radius 1 is 1.22 bits per heavy atom. The number of phenols is 1. The summed E-state index contributed by atoms with van der Waals surface area (Å²) >= 11 is 0. The van der Waals surface area contributed by atoms with E-state index in [0.29, 0.717) is 5.75 Å². The second-order valence-electron chi connectivity index (χ2n) is 6.20. The molecule has 3 rings (SSSR count). The van der Waals surface area contributed by atoms with Crippen molar-refractivity contribution in [2.45, 2.75) is 39.2 Å². The Hall–Kier alpha value is -1.02. The molecular weight excluding hydrogens is 222 g/mol. The van der Waals surface area contributed by atoms with Crippen molar-refractivity contribution in [3.05, 3.63) is 29.3 Å². The van der Waals surface area contributed by atoms with Crippen molar-refractivity contribution in [3.63, 3.8) is 0 Å². The number of fused-ring (bicyclic) bond motifs is 2. The molecule has 2 fully saturated rings. The van der Waals surface area contributed by atoms with E-state index in [1.54, 1.807) is 0 Å². The van der Waals surface area contributed by atoms with Crippen molar-refractivity contribution < 1.29 is 5.11 Å². The summed E-state index contributed by atoms with van der Waals surface area (Å²) in [4.78, 5) is 2.54. The molecule has 2 aliphatic rings. The standard InChI is InChI=1S/C16H23NO/c1-12-2-5-16(18)15(8-12)11-17-7-6-13-3-4-14(9-13)10-17/h2,5,8,13-14,18H,3-4,6-7,9-11H2,1H3. The Balaban J connectivity index is 1.70. The van der Waals surface area contributed by atoms with Crippen molar-refractivity contribution in [3.8, 4) is 5.75 Å². The molecule has 2 nitrogen and oxygen atoms in total. The molecule has 1 saturated heterocycles. The van der Waals surface area contributed by atoms with Gasteiger partial charge < -0.3 is 5.11 Å². The third-order valence-electron chi connectivity index (χ3n) is 4.65. The van der Waals surface area contributed by atoms with Crippen LogP contribution in [0.3, 0.4) is 0 Å². The van der Waals surface area contributed by atoms with Crippen LogP contribution < -0.4 is 0 Å². The third kappa shape index (κ3) is 2.54. The van der Waals surface area contributed by atoms with E-state index < -0.39 is 0 Å². The molecule has 1 N–H and O–H groups in total. The van der Waals surface area contributed by atoms with E-state index in [0.717, 1.165) is 23.9 Å². The summed E-state index contributed by atoms with van der Waals surface area (Å²) in [6, 6.07) is 5.93. The van der Waals surface area contributed by atoms with Gasteiger partial charge in [-0.3, -0.25) is 4.90 Å². The Labute approximate surface area is 110 Å². The maximum Gasteiger partial charge on any atom is 0.120 e. The number of hydrogen-bond donors (Lipinski definition) is 1. The van der Waals surface area contributed by atoms with Gasteiger partial charge in [-0.15, -0.1) is 0 Å². The maximum atomic E-state index is 9.94. The van der Waals surface area contributed by atoms with E-state index in [1.807, 2.05) is 12.1 Å². The minimum atomic E-state index is 0.454. The van der Waals surface area contributed by atoms with E-state index in [4.69, 9.17) is 0 Å². The smallest absolute Gasteiger partial charge is 0.120 e. The van der Waals surface area contributed by atoms with Gasteiger partial charge in [0.05, 0.1) is 0 Å². The van der Waals surface area contributed by atoms with Gasteiger partial charge in [-0.05, 0) is 50.6 Å². The molecule has 18 heavy (non-hydrogen) atoms. The van der Waals surface area contributed by atoms with Crippen LogP contribution in [0, 0.1) is 18.8 Å². The zero-order valence-corrected chi connectivity index (χ0v) is 11.2. The van der Waals surface area contributed by atoms with Gasteiger partial charge in [0.15, 0.2) is 0 Å². The average molecular weight is 245 g/mol. The van der Waals surface area contributed by atoms with Gasteiger partial charge in [0.2, 0.25) is 0 Å². The minimum absolute atomic E-state index is 0.454. The number of aryl methyl sites for hydroxylation is 1. The van der Waals surface area contributed by atoms with Crippen molar-refractivity contribution in [1.29, 1.82) is 0 Å². The summed E-state index contributed by atoms with van der Waals surface area (Å²) in [7, 11) is 0. The van der Waals surface area contributed by atoms with Crippen LogP contribution in [0.25, 0.3) is 0 Å². The summed E-state index contributed by atoms with van der Waals surface area (Å²) in [6.45, 7) is 5.43. The quantitative estimate of drug-likeness (QED) is 0.864. The lowest BCUT2D eigenvalue weighted by Gasteiger charge is -2.25. The van der Waals surface area contributed by atoms with E-state index in [1.165, 1.54) is 44.3 Å². The van der Waals surface area contributed by atoms with Gasteiger partial charge in [0.25, 0.3) is 0 Å². The number of aromatic hydroxyl groups is 1. The van der Waals surface area contributed by atoms with Crippen LogP contribution in [0.5, 0.6) is 5.75 Å². The first-order chi connectivity index (χ1) is 8.70. The van der Waals surface area contributed by atoms with E-state index in [-0.39, 0.29) is 0 Å². The van der Waals surface area contributed by atoms with Crippen LogP contribution in [0.1, 0.15) is 36.8 Å². The van der Waals surface area contributed by atoms with Crippen molar-refractivity contribution >= 4 is 0 Å². The van der Waals surface area contributed by atoms with Crippen LogP contribution in [0.2, 0.25) is 0 Å². The summed E-state index contributed by atoms with van der Waals surface area (Å²) in [5.74, 6) is 2.34. The predicted molar refractivity (Wildman–Crippen MR) is 73.6 cm³/mol. The number of phenolic OH excluding ortho intramolecular Hbond substituents is 1. The van der Waals surface area contributed by atoms with Crippen molar-refractivity contribution in [2.75, 3.05) is 13.1 Å². The van der Waals surface area contributed by atoms with Crippen LogP contribution >= 0.6 is 0 Å². The first-order valence-corrected chi connectivity index (χ1v) is 7.21. The van der Waals surface area contributed by atoms with Crippen LogP contribution in [-0.2, 0) is 6.54 Å². The molecule has 0 radical (unpaired) electrons. The largest absolute Gasteiger partial charge is 0.508 e. The third-order valence-corrected chi connectivity index (χ3v) is 4.65. The molecule has 2 unspecified atom stereocenters. The zero-order chi connectivity index (χ0) is 12.5. The maximum absolute atomic E-state index is 9.94. The lowest BCUT2D eigenvalue weighted by molar-refractivity contribution is 0.226. The fraction of sp³-hybridized carbons (Fsp3) is 0.625. The topological polar surface area (TPSA) is 23.5 Å². The van der Waals surface area contributed by atoms with Gasteiger partial charge >= 0.3 is 0 Å². The zero-order valence-electron chi connectivity index (χ0n) is 11.2. The second kappa shape index (κ2) is 4.93. The predicted octanol–water partition coefficient (Wildman–Crippen LogP) is 3.32. The molecule has 1 saturated carbocycles. The second-order valence-corrected chi connectivity index (χ2v) is 6.20. The molecule has 98 valence electrons. The summed E-state index contributed by atoms with van der Waals surface area (Å²) in [6.07, 6.45) is 5.66. The fourth-order valence-electron chi connectivity index (χ4n) is 3.65. The van der Waals surface area contributed by atoms with Crippen molar-refractivity contribution in [1.82, 2.24) is 4.90 Å². The number of benzene rings is 1. The van der Waals surface area contributed by atoms with Gasteiger partial charge in [-0.2, -0.15) is 0 Å². The van der Waals surface area contributed by atoms with Crippen LogP contribution in [-0.4, -0.2) is 23.1 Å². The highest BCUT2D eigenvalue weighted by Crippen LogP contribution is 2.37. The normalized spacial score (nSPS) is 28.3. The molecule has 2 atom stereocenters. The Kier molecular flexibility index (Phi) is 3.29. The number of rotatable bonds is 2. The van der Waals surface area contributed by atoms with Crippen molar-refractivity contribution in [2.24, 2.45) is 11.8 Å². The monoisotopic (exact) mass is 245 g/mol. The van der Waals surface area contributed by atoms with E-state index in [9.17, 15) is 5.11 Å². The van der Waals surface area contributed by atoms with E-state index in [2.05, 4.69) is 17.9 Å². The van der Waals surface area contributed by atoms with Gasteiger partial charge in [-0.25, -0.2) is 0 Å². The van der Waals surface area contributed by atoms with Gasteiger partial charge in [-0.1, -0.05) is 24.1 Å². The van der Waals surface area contributed by atoms with Crippen LogP contribution in [0.15, 0.2) is 18.2 Å². The number of nitrogens with zero attached hydrogens (tertiary/aromatic N) is 1. The summed E-state index contributed by atoms with van der Waals surface area (Å²) in [5, 5.41) is 9.94. The number of hydrogen-bond acceptors (Lipinski definition) is 2. The average Bonchev–Trinajstić information content (AvgIpc) is 2.67. The molecule has 1 aromatic carbocycles. The van der Waals surface area contributed by atoms with E-state index >= 15 is 0 Å². The Morgan fingerprint density at radius 2 is 2.06 bits per heavy atom. The molecule has 1 aliphatic carbocycles. The highest BCUT2D eigenvalue weighted by atomic mass is 16.3. The first-order valence-electron chi connectivity index (χ1n) is 7.21. The molecule has 2 bridgehead atoms. The Bertz CT molecular complexity index is 429.